The van der Waals surface area contributed by atoms with Gasteiger partial charge in [-0.05, 0) is 44.1 Å². The number of ketones is 1. The number of carbonyl (C=O) groups excluding carboxylic acids is 1. The minimum Gasteiger partial charge on any atom is -0.480 e. The molecule has 2 unspecified atom stereocenters. The zero-order valence-corrected chi connectivity index (χ0v) is 24.0. The zero-order valence-electron chi connectivity index (χ0n) is 21.5. The van der Waals surface area contributed by atoms with Gasteiger partial charge in [0.1, 0.15) is 11.8 Å². The summed E-state index contributed by atoms with van der Waals surface area (Å²) in [6, 6.07) is 2.74. The summed E-state index contributed by atoms with van der Waals surface area (Å²) in [5.74, 6) is -3.06. The van der Waals surface area contributed by atoms with Crippen molar-refractivity contribution in [1.29, 1.82) is 0 Å². The Hall–Kier alpha value is -2.63. The van der Waals surface area contributed by atoms with E-state index in [1.54, 1.807) is 19.1 Å². The second-order valence-electron chi connectivity index (χ2n) is 9.64. The van der Waals surface area contributed by atoms with Crippen molar-refractivity contribution in [2.45, 2.75) is 36.7 Å². The smallest absolute Gasteiger partial charge is 0.384 e. The van der Waals surface area contributed by atoms with Gasteiger partial charge in [0.15, 0.2) is 15.6 Å². The van der Waals surface area contributed by atoms with E-state index >= 15 is 0 Å². The highest BCUT2D eigenvalue weighted by Crippen LogP contribution is 2.38. The van der Waals surface area contributed by atoms with Crippen molar-refractivity contribution < 1.29 is 44.1 Å². The number of carboxylic acids is 1. The maximum atomic E-state index is 13.7. The van der Waals surface area contributed by atoms with E-state index in [1.165, 1.54) is 44.5 Å². The number of carbonyl (C=O) groups is 2. The monoisotopic (exact) mass is 605 g/mol. The molecule has 0 spiro atoms. The molecular formula is C23H31N3O10S3. The lowest BCUT2D eigenvalue weighted by molar-refractivity contribution is -0.140. The minimum absolute atomic E-state index is 0.00618. The Kier molecular flexibility index (Phi) is 9.08. The van der Waals surface area contributed by atoms with Crippen LogP contribution in [0.4, 0.5) is 0 Å². The van der Waals surface area contributed by atoms with Gasteiger partial charge >= 0.3 is 16.3 Å². The van der Waals surface area contributed by atoms with Gasteiger partial charge in [0, 0.05) is 20.6 Å². The number of sulfonamides is 1. The number of benzene rings is 1. The number of allylic oxidation sites excluding steroid dienone is 3. The number of aryl methyl sites for hydroxylation is 1. The molecule has 16 heteroatoms. The van der Waals surface area contributed by atoms with E-state index < -0.39 is 71.6 Å². The average molecular weight is 606 g/mol. The number of rotatable bonds is 11. The first-order chi connectivity index (χ1) is 18.0. The van der Waals surface area contributed by atoms with Crippen molar-refractivity contribution in [1.82, 2.24) is 14.3 Å². The summed E-state index contributed by atoms with van der Waals surface area (Å²) >= 11 is 0. The normalized spacial score (nSPS) is 24.1. The average Bonchev–Trinajstić information content (AvgIpc) is 2.83. The summed E-state index contributed by atoms with van der Waals surface area (Å²) < 4.78 is 82.6. The number of hydrogen-bond acceptors (Lipinski definition) is 10. The quantitative estimate of drug-likeness (QED) is 0.300. The largest absolute Gasteiger partial charge is 0.480 e. The van der Waals surface area contributed by atoms with Crippen molar-refractivity contribution in [3.05, 3.63) is 53.8 Å². The Balaban J connectivity index is 1.96. The first-order valence-corrected chi connectivity index (χ1v) is 16.4. The summed E-state index contributed by atoms with van der Waals surface area (Å²) in [6.07, 6.45) is 2.84. The molecule has 3 atom stereocenters. The molecule has 1 fully saturated rings. The van der Waals surface area contributed by atoms with Crippen LogP contribution in [-0.4, -0.2) is 90.6 Å². The maximum Gasteiger partial charge on any atom is 0.384 e. The molecule has 1 saturated heterocycles. The molecule has 0 aromatic heterocycles. The molecule has 0 saturated carbocycles. The fourth-order valence-corrected chi connectivity index (χ4v) is 7.25. The molecule has 39 heavy (non-hydrogen) atoms. The number of aliphatic carboxylic acids is 1. The second-order valence-corrected chi connectivity index (χ2v) is 15.3. The third-order valence-corrected chi connectivity index (χ3v) is 10.9. The molecule has 0 bridgehead atoms. The van der Waals surface area contributed by atoms with Crippen molar-refractivity contribution in [2.75, 3.05) is 32.1 Å². The highest BCUT2D eigenvalue weighted by Gasteiger charge is 2.46. The fourth-order valence-electron chi connectivity index (χ4n) is 4.17. The van der Waals surface area contributed by atoms with E-state index in [0.29, 0.717) is 0 Å². The van der Waals surface area contributed by atoms with Gasteiger partial charge in [0.05, 0.1) is 27.9 Å². The first kappa shape index (κ1) is 30.9. The number of nitrogens with zero attached hydrogens (tertiary/aromatic N) is 1. The molecule has 3 rings (SSSR count). The lowest BCUT2D eigenvalue weighted by atomic mass is 9.71. The van der Waals surface area contributed by atoms with E-state index in [0.717, 1.165) is 9.87 Å². The molecule has 216 valence electrons. The standard InChI is InChI=1S/C23H31N3O10S3/c1-16-4-6-18(7-5-16)38(32,33)25-19(22(28)29)14-23(21(27)20-15-37(30,31)13-12-24-20)10-8-17(9-11-23)36-39(34,35)26(2)3/h4-10,19-20,24-25H,11-15H2,1-3H3,(H,28,29)/t19-,20?,23?/m0/s1. The predicted molar refractivity (Wildman–Crippen MR) is 141 cm³/mol. The Morgan fingerprint density at radius 1 is 1.21 bits per heavy atom. The summed E-state index contributed by atoms with van der Waals surface area (Å²) in [4.78, 5) is 25.8. The van der Waals surface area contributed by atoms with E-state index in [1.807, 2.05) is 0 Å². The molecule has 0 amide bonds. The van der Waals surface area contributed by atoms with Crippen LogP contribution in [0, 0.1) is 12.3 Å². The molecule has 1 heterocycles. The fraction of sp³-hybridized carbons (Fsp3) is 0.478. The molecule has 3 N–H and O–H groups in total. The van der Waals surface area contributed by atoms with Crippen LogP contribution >= 0.6 is 0 Å². The molecular weight excluding hydrogens is 574 g/mol. The van der Waals surface area contributed by atoms with Gasteiger partial charge in [-0.2, -0.15) is 17.4 Å². The van der Waals surface area contributed by atoms with Crippen LogP contribution < -0.4 is 10.0 Å². The van der Waals surface area contributed by atoms with Crippen molar-refractivity contribution in [3.63, 3.8) is 0 Å². The van der Waals surface area contributed by atoms with Gasteiger partial charge in [-0.25, -0.2) is 16.8 Å². The molecule has 1 aliphatic carbocycles. The predicted octanol–water partition coefficient (Wildman–Crippen LogP) is -0.274. The summed E-state index contributed by atoms with van der Waals surface area (Å²) in [7, 11) is -9.50. The van der Waals surface area contributed by atoms with Crippen LogP contribution in [-0.2, 0) is 43.9 Å². The van der Waals surface area contributed by atoms with Gasteiger partial charge in [-0.15, -0.1) is 0 Å². The maximum absolute atomic E-state index is 13.7. The topological polar surface area (TPSA) is 193 Å². The second kappa shape index (κ2) is 11.5. The van der Waals surface area contributed by atoms with Crippen molar-refractivity contribution >= 4 is 41.9 Å². The summed E-state index contributed by atoms with van der Waals surface area (Å²) in [5, 5.41) is 12.8. The van der Waals surface area contributed by atoms with Crippen LogP contribution in [0.5, 0.6) is 0 Å². The van der Waals surface area contributed by atoms with Crippen LogP contribution in [0.15, 0.2) is 53.1 Å². The molecule has 1 aromatic carbocycles. The van der Waals surface area contributed by atoms with Crippen LogP contribution in [0.2, 0.25) is 0 Å². The van der Waals surface area contributed by atoms with E-state index in [2.05, 4.69) is 10.0 Å². The molecule has 2 aliphatic rings. The lowest BCUT2D eigenvalue weighted by Gasteiger charge is -2.37. The van der Waals surface area contributed by atoms with E-state index in [9.17, 15) is 39.9 Å². The number of sulfone groups is 1. The van der Waals surface area contributed by atoms with Crippen LogP contribution in [0.1, 0.15) is 18.4 Å². The number of nitrogens with one attached hydrogen (secondary N) is 2. The Labute approximate surface area is 228 Å². The number of carboxylic acid groups (broad SMARTS) is 1. The molecule has 13 nitrogen and oxygen atoms in total. The minimum atomic E-state index is -4.31. The van der Waals surface area contributed by atoms with Gasteiger partial charge < -0.3 is 14.6 Å². The highest BCUT2D eigenvalue weighted by atomic mass is 32.2. The number of hydrogen-bond donors (Lipinski definition) is 3. The highest BCUT2D eigenvalue weighted by molar-refractivity contribution is 7.91. The number of Topliss-reactive ketones (excluding diaryl/α,β-unsaturated/α-hetero) is 1. The van der Waals surface area contributed by atoms with Gasteiger partial charge in [0.2, 0.25) is 10.0 Å². The van der Waals surface area contributed by atoms with Gasteiger partial charge in [0.25, 0.3) is 0 Å². The third-order valence-electron chi connectivity index (χ3n) is 6.41. The van der Waals surface area contributed by atoms with Crippen LogP contribution in [0.3, 0.4) is 0 Å². The van der Waals surface area contributed by atoms with Gasteiger partial charge in [-0.3, -0.25) is 9.59 Å². The Bertz CT molecular complexity index is 1500. The molecule has 1 aromatic rings. The molecule has 1 aliphatic heterocycles. The Morgan fingerprint density at radius 3 is 2.36 bits per heavy atom. The lowest BCUT2D eigenvalue weighted by Crippen LogP contribution is -2.56. The molecule has 0 radical (unpaired) electrons. The van der Waals surface area contributed by atoms with E-state index in [-0.39, 0.29) is 29.4 Å². The summed E-state index contributed by atoms with van der Waals surface area (Å²) in [5.41, 5.74) is -0.908. The van der Waals surface area contributed by atoms with Gasteiger partial charge in [-0.1, -0.05) is 23.8 Å². The first-order valence-electron chi connectivity index (χ1n) is 11.8. The third kappa shape index (κ3) is 7.52. The van der Waals surface area contributed by atoms with E-state index in [4.69, 9.17) is 4.18 Å². The van der Waals surface area contributed by atoms with Crippen molar-refractivity contribution in [3.8, 4) is 0 Å². The summed E-state index contributed by atoms with van der Waals surface area (Å²) in [6.45, 7) is 1.76. The Morgan fingerprint density at radius 2 is 1.85 bits per heavy atom. The van der Waals surface area contributed by atoms with Crippen LogP contribution in [0.25, 0.3) is 0 Å². The van der Waals surface area contributed by atoms with Crippen molar-refractivity contribution in [2.24, 2.45) is 5.41 Å². The zero-order chi connectivity index (χ0) is 29.2. The SMILES string of the molecule is Cc1ccc(S(=O)(=O)N[C@@H](CC2(C(=O)C3CS(=O)(=O)CCN3)C=CC(OS(=O)(=O)N(C)C)=CC2)C(=O)O)cc1.